The van der Waals surface area contributed by atoms with Crippen LogP contribution in [0.4, 0.5) is 0 Å². The molecular weight excluding hydrogens is 1450 g/mol. The van der Waals surface area contributed by atoms with Crippen molar-refractivity contribution < 1.29 is 0 Å². The molecule has 0 unspecified atom stereocenters. The van der Waals surface area contributed by atoms with Crippen LogP contribution in [0.3, 0.4) is 0 Å². The van der Waals surface area contributed by atoms with Crippen LogP contribution in [-0.2, 0) is 5.41 Å². The highest BCUT2D eigenvalue weighted by Gasteiger charge is 2.55. The van der Waals surface area contributed by atoms with Gasteiger partial charge in [0, 0.05) is 96.5 Å². The maximum atomic E-state index is 2.70. The fraction of sp³-hybridized carbons (Fsp3) is 0.00917. The molecule has 0 fully saturated rings. The molecule has 0 atom stereocenters. The molecule has 18 aromatic carbocycles. The summed E-state index contributed by atoms with van der Waals surface area (Å²) in [5.74, 6) is 0. The summed E-state index contributed by atoms with van der Waals surface area (Å²) in [7, 11) is 0. The van der Waals surface area contributed by atoms with E-state index < -0.39 is 5.41 Å². The fourth-order valence-corrected chi connectivity index (χ4v) is 25.0. The van der Waals surface area contributed by atoms with Gasteiger partial charge in [-0.3, -0.25) is 0 Å². The smallest absolute Gasteiger partial charge is 0.249 e. The van der Waals surface area contributed by atoms with Gasteiger partial charge in [-0.05, 0) is 208 Å². The van der Waals surface area contributed by atoms with E-state index in [-0.39, 0.29) is 13.4 Å². The van der Waals surface area contributed by atoms with Crippen molar-refractivity contribution in [3.05, 3.63) is 398 Å². The van der Waals surface area contributed by atoms with Crippen molar-refractivity contribution in [3.63, 3.8) is 0 Å². The van der Waals surface area contributed by atoms with Gasteiger partial charge in [-0.2, -0.15) is 0 Å². The number of fused-ring (bicyclic) bond motifs is 30. The summed E-state index contributed by atoms with van der Waals surface area (Å²) >= 11 is 3.96. The Hall–Kier alpha value is -14.0. The van der Waals surface area contributed by atoms with E-state index in [1.165, 1.54) is 240 Å². The molecule has 0 amide bonds. The van der Waals surface area contributed by atoms with Crippen LogP contribution >= 0.6 is 23.5 Å². The molecule has 6 aliphatic rings. The highest BCUT2D eigenvalue weighted by atomic mass is 32.2. The van der Waals surface area contributed by atoms with E-state index in [9.17, 15) is 0 Å². The van der Waals surface area contributed by atoms with Crippen LogP contribution in [0.1, 0.15) is 22.3 Å². The van der Waals surface area contributed by atoms with Crippen molar-refractivity contribution >= 4 is 157 Å². The van der Waals surface area contributed by atoms with E-state index in [0.717, 1.165) is 11.4 Å². The molecule has 0 bridgehead atoms. The highest BCUT2D eigenvalue weighted by Crippen LogP contribution is 2.64. The minimum absolute atomic E-state index is 0.111. The van der Waals surface area contributed by atoms with Gasteiger partial charge in [0.15, 0.2) is 0 Å². The summed E-state index contributed by atoms with van der Waals surface area (Å²) in [4.78, 5) is 5.15. The molecule has 8 heterocycles. The quantitative estimate of drug-likeness (QED) is 0.155. The molecule has 2 aliphatic carbocycles. The number of nitrogens with zero attached hydrogens (tertiary/aromatic N) is 4. The number of benzene rings is 18. The molecule has 0 saturated carbocycles. The van der Waals surface area contributed by atoms with E-state index in [1.54, 1.807) is 0 Å². The molecule has 117 heavy (non-hydrogen) atoms. The maximum absolute atomic E-state index is 2.70. The Morgan fingerprint density at radius 3 is 0.932 bits per heavy atom. The molecule has 28 rings (SSSR count). The lowest BCUT2D eigenvalue weighted by Gasteiger charge is -2.36. The second kappa shape index (κ2) is 23.1. The molecule has 4 aliphatic heterocycles. The highest BCUT2D eigenvalue weighted by molar-refractivity contribution is 8.00. The SMILES string of the molecule is c1ccc(-c2ccc3c(c2)c2cc(-c4ccccc4)cc4c2n3-c2cc(-n3c5ccccc5c5ccccc53)cc3c2B4c2cc4c(cc2S3)C2(c3ccccc3-4)c3ccccc3-c3cc4c(cc32)Sc2cc(-n3c5ccccc5c5ccccc53)cc3c2B4c2cc(-c4ccccc4)cc4c5cc(-c6ccccc6)ccc5n-3c24)cc1. The molecule has 0 saturated heterocycles. The minimum atomic E-state index is -0.679. The van der Waals surface area contributed by atoms with Gasteiger partial charge in [0.05, 0.1) is 38.5 Å². The topological polar surface area (TPSA) is 19.7 Å². The van der Waals surface area contributed by atoms with Crippen LogP contribution in [0.2, 0.25) is 0 Å². The monoisotopic (exact) mass is 1510 g/mol. The summed E-state index contributed by atoms with van der Waals surface area (Å²) in [6.45, 7) is -0.222. The zero-order chi connectivity index (χ0) is 75.8. The molecule has 8 heteroatoms. The van der Waals surface area contributed by atoms with Crippen LogP contribution in [0, 0.1) is 0 Å². The Kier molecular flexibility index (Phi) is 12.5. The van der Waals surface area contributed by atoms with Gasteiger partial charge < -0.3 is 18.3 Å². The summed E-state index contributed by atoms with van der Waals surface area (Å²) in [6, 6.07) is 145. The Morgan fingerprint density at radius 2 is 0.538 bits per heavy atom. The average molecular weight is 1510 g/mol. The summed E-state index contributed by atoms with van der Waals surface area (Å²) < 4.78 is 10.4. The number of rotatable bonds is 6. The van der Waals surface area contributed by atoms with E-state index in [0.29, 0.717) is 0 Å². The molecule has 4 aromatic heterocycles. The Morgan fingerprint density at radius 1 is 0.205 bits per heavy atom. The normalized spacial score (nSPS) is 13.8. The molecule has 4 nitrogen and oxygen atoms in total. The molecule has 536 valence electrons. The van der Waals surface area contributed by atoms with Gasteiger partial charge in [0.25, 0.3) is 0 Å². The first-order valence-electron chi connectivity index (χ1n) is 40.7. The van der Waals surface area contributed by atoms with Crippen molar-refractivity contribution in [3.8, 4) is 89.5 Å². The number of hydrogen-bond acceptors (Lipinski definition) is 2. The first-order chi connectivity index (χ1) is 58.0. The second-order valence-corrected chi connectivity index (χ2v) is 35.0. The second-order valence-electron chi connectivity index (χ2n) is 32.8. The molecule has 22 aromatic rings. The average Bonchev–Trinajstić information content (AvgIpc) is 1.51. The van der Waals surface area contributed by atoms with Crippen molar-refractivity contribution in [1.29, 1.82) is 0 Å². The zero-order valence-corrected chi connectivity index (χ0v) is 64.7. The van der Waals surface area contributed by atoms with Gasteiger partial charge in [-0.15, -0.1) is 0 Å². The van der Waals surface area contributed by atoms with Gasteiger partial charge in [-0.25, -0.2) is 0 Å². The van der Waals surface area contributed by atoms with Crippen LogP contribution in [0.25, 0.3) is 177 Å². The number of para-hydroxylation sites is 4. The third-order valence-corrected chi connectivity index (χ3v) is 29.5. The lowest BCUT2D eigenvalue weighted by Crippen LogP contribution is -2.59. The predicted octanol–water partition coefficient (Wildman–Crippen LogP) is 23.7. The van der Waals surface area contributed by atoms with Gasteiger partial charge in [0.1, 0.15) is 0 Å². The lowest BCUT2D eigenvalue weighted by molar-refractivity contribution is 0.789. The van der Waals surface area contributed by atoms with Crippen molar-refractivity contribution in [2.24, 2.45) is 0 Å². The summed E-state index contributed by atoms with van der Waals surface area (Å²) in [6.07, 6.45) is 0. The van der Waals surface area contributed by atoms with Crippen LogP contribution in [-0.4, -0.2) is 31.7 Å². The molecule has 0 N–H and O–H groups in total. The third-order valence-electron chi connectivity index (χ3n) is 27.2. The largest absolute Gasteiger partial charge is 0.310 e. The van der Waals surface area contributed by atoms with Gasteiger partial charge >= 0.3 is 0 Å². The first kappa shape index (κ1) is 63.4. The van der Waals surface area contributed by atoms with Crippen LogP contribution < -0.4 is 32.8 Å². The Balaban J connectivity index is 0.708. The van der Waals surface area contributed by atoms with Gasteiger partial charge in [0.2, 0.25) is 13.4 Å². The van der Waals surface area contributed by atoms with E-state index >= 15 is 0 Å². The minimum Gasteiger partial charge on any atom is -0.310 e. The zero-order valence-electron chi connectivity index (χ0n) is 63.1. The number of hydrogen-bond donors (Lipinski definition) is 0. The first-order valence-corrected chi connectivity index (χ1v) is 42.4. The standard InChI is InChI=1S/C109H62B2N4S2/c1-5-25-63(26-6-1)67-45-47-97-81(49-67)83-51-69(65-29-9-3-10-30-65)53-91-107(83)114(97)99-55-71(112-93-41-21-15-35-75(93)76-36-16-22-42-94(76)112)57-103-105(99)110(91)89-59-79-73-33-13-19-39-85(73)109(87(79)61-101(89)116-103)86-40-20-14-34-74(86)80-60-90-102(62-88(80)109)117-104-58-72(113-95-43-23-17-37-77(95)78-38-18-24-44-96(78)113)56-100-106(104)111(90)92-54-70(66-31-11-4-12-32-66)52-84-82-50-68(64-27-7-2-8-28-64)46-48-98(82)115(100)108(84)92/h1-62H. The van der Waals surface area contributed by atoms with E-state index in [2.05, 4.69) is 394 Å². The van der Waals surface area contributed by atoms with Gasteiger partial charge in [-0.1, -0.05) is 314 Å². The van der Waals surface area contributed by atoms with Crippen molar-refractivity contribution in [2.45, 2.75) is 25.0 Å². The third kappa shape index (κ3) is 8.32. The maximum Gasteiger partial charge on any atom is 0.249 e. The Labute approximate surface area is 683 Å². The molecule has 1 spiro atoms. The lowest BCUT2D eigenvalue weighted by atomic mass is 9.35. The Bertz CT molecular complexity index is 7680. The van der Waals surface area contributed by atoms with Crippen molar-refractivity contribution in [1.82, 2.24) is 18.3 Å². The van der Waals surface area contributed by atoms with E-state index in [4.69, 9.17) is 0 Å². The van der Waals surface area contributed by atoms with Crippen LogP contribution in [0.5, 0.6) is 0 Å². The predicted molar refractivity (Wildman–Crippen MR) is 492 cm³/mol. The molecular formula is C109H62B2N4S2. The van der Waals surface area contributed by atoms with Crippen molar-refractivity contribution in [2.75, 3.05) is 0 Å². The molecule has 0 radical (unpaired) electrons. The summed E-state index contributed by atoms with van der Waals surface area (Å²) in [5.41, 5.74) is 42.2. The summed E-state index contributed by atoms with van der Waals surface area (Å²) in [5, 5.41) is 10.0. The van der Waals surface area contributed by atoms with Crippen LogP contribution in [0.15, 0.2) is 396 Å². The van der Waals surface area contributed by atoms with E-state index in [1.807, 2.05) is 23.5 Å². The number of aromatic nitrogens is 4. The fourth-order valence-electron chi connectivity index (χ4n) is 22.5.